The van der Waals surface area contributed by atoms with Crippen LogP contribution in [-0.2, 0) is 17.9 Å². The predicted molar refractivity (Wildman–Crippen MR) is 105 cm³/mol. The topological polar surface area (TPSA) is 78.1 Å². The molecule has 0 aliphatic carbocycles. The van der Waals surface area contributed by atoms with E-state index >= 15 is 0 Å². The zero-order valence-corrected chi connectivity index (χ0v) is 15.6. The van der Waals surface area contributed by atoms with Gasteiger partial charge in [0.2, 0.25) is 0 Å². The molecule has 0 radical (unpaired) electrons. The minimum atomic E-state index is 0.320. The van der Waals surface area contributed by atoms with E-state index in [9.17, 15) is 0 Å². The lowest BCUT2D eigenvalue weighted by molar-refractivity contribution is 0.185. The smallest absolute Gasteiger partial charge is 0.193 e. The van der Waals surface area contributed by atoms with Gasteiger partial charge in [0, 0.05) is 13.2 Å². The van der Waals surface area contributed by atoms with Crippen molar-refractivity contribution in [1.82, 2.24) is 0 Å². The molecule has 0 aliphatic heterocycles. The van der Waals surface area contributed by atoms with Gasteiger partial charge < -0.3 is 25.3 Å². The summed E-state index contributed by atoms with van der Waals surface area (Å²) in [5.41, 5.74) is 8.97. The molecule has 0 aromatic heterocycles. The fourth-order valence-electron chi connectivity index (χ4n) is 2.41. The summed E-state index contributed by atoms with van der Waals surface area (Å²) in [5, 5.41) is 3.10. The Labute approximate surface area is 155 Å². The number of nitrogens with two attached hydrogens (primary N) is 1. The van der Waals surface area contributed by atoms with Crippen molar-refractivity contribution < 1.29 is 14.2 Å². The number of nitrogens with one attached hydrogen (secondary N) is 1. The Morgan fingerprint density at radius 3 is 2.35 bits per heavy atom. The van der Waals surface area contributed by atoms with Crippen LogP contribution in [0.2, 0.25) is 0 Å². The average molecular weight is 357 g/mol. The summed E-state index contributed by atoms with van der Waals surface area (Å²) in [6.07, 6.45) is 0. The minimum absolute atomic E-state index is 0.320. The van der Waals surface area contributed by atoms with Crippen molar-refractivity contribution in [2.45, 2.75) is 27.0 Å². The van der Waals surface area contributed by atoms with Gasteiger partial charge in [-0.05, 0) is 37.1 Å². The fraction of sp³-hybridized carbons (Fsp3) is 0.350. The van der Waals surface area contributed by atoms with Crippen LogP contribution in [0.1, 0.15) is 25.0 Å². The molecule has 0 spiro atoms. The first-order valence-electron chi connectivity index (χ1n) is 8.69. The van der Waals surface area contributed by atoms with Crippen LogP contribution < -0.4 is 20.5 Å². The Kier molecular flexibility index (Phi) is 7.76. The maximum absolute atomic E-state index is 6.04. The molecule has 0 amide bonds. The van der Waals surface area contributed by atoms with E-state index in [0.29, 0.717) is 38.1 Å². The normalized spacial score (nSPS) is 11.3. The lowest BCUT2D eigenvalue weighted by atomic mass is 10.1. The van der Waals surface area contributed by atoms with Crippen LogP contribution in [0, 0.1) is 0 Å². The van der Waals surface area contributed by atoms with Gasteiger partial charge in [-0.25, -0.2) is 4.99 Å². The van der Waals surface area contributed by atoms with Crippen molar-refractivity contribution in [3.8, 4) is 11.5 Å². The van der Waals surface area contributed by atoms with Gasteiger partial charge in [-0.15, -0.1) is 0 Å². The molecule has 0 unspecified atom stereocenters. The maximum atomic E-state index is 6.04. The molecule has 0 fully saturated rings. The molecule has 0 atom stereocenters. The summed E-state index contributed by atoms with van der Waals surface area (Å²) in [7, 11) is 1.68. The highest BCUT2D eigenvalue weighted by molar-refractivity contribution is 5.94. The van der Waals surface area contributed by atoms with Gasteiger partial charge in [-0.3, -0.25) is 0 Å². The zero-order valence-electron chi connectivity index (χ0n) is 15.6. The molecule has 0 heterocycles. The third-order valence-electron chi connectivity index (χ3n) is 3.59. The summed E-state index contributed by atoms with van der Waals surface area (Å²) < 4.78 is 16.3. The number of nitrogens with zero attached hydrogens (tertiary/aromatic N) is 1. The number of guanidine groups is 1. The van der Waals surface area contributed by atoms with Crippen molar-refractivity contribution >= 4 is 11.6 Å². The monoisotopic (exact) mass is 357 g/mol. The Morgan fingerprint density at radius 2 is 1.69 bits per heavy atom. The molecule has 6 heteroatoms. The molecule has 2 aromatic carbocycles. The number of ether oxygens (including phenoxy) is 3. The van der Waals surface area contributed by atoms with Crippen molar-refractivity contribution in [3.05, 3.63) is 53.6 Å². The third-order valence-corrected chi connectivity index (χ3v) is 3.59. The highest BCUT2D eigenvalue weighted by Crippen LogP contribution is 2.29. The third kappa shape index (κ3) is 5.97. The van der Waals surface area contributed by atoms with Gasteiger partial charge in [0.1, 0.15) is 11.5 Å². The van der Waals surface area contributed by atoms with Crippen LogP contribution in [0.5, 0.6) is 11.5 Å². The van der Waals surface area contributed by atoms with E-state index in [1.165, 1.54) is 0 Å². The first-order chi connectivity index (χ1) is 12.7. The molecule has 140 valence electrons. The molecule has 3 N–H and O–H groups in total. The molecule has 6 nitrogen and oxygen atoms in total. The fourth-order valence-corrected chi connectivity index (χ4v) is 2.41. The molecule has 26 heavy (non-hydrogen) atoms. The van der Waals surface area contributed by atoms with Crippen LogP contribution in [-0.4, -0.2) is 26.3 Å². The standard InChI is InChI=1S/C20H27N3O3/c1-4-25-17-10-11-19(26-5-2)18(12-17)23-20(21)22-13-15-6-8-16(9-7-15)14-24-3/h6-12H,4-5,13-14H2,1-3H3,(H3,21,22,23). The quantitative estimate of drug-likeness (QED) is 0.530. The van der Waals surface area contributed by atoms with Crippen molar-refractivity contribution in [1.29, 1.82) is 0 Å². The highest BCUT2D eigenvalue weighted by Gasteiger charge is 2.07. The van der Waals surface area contributed by atoms with E-state index in [-0.39, 0.29) is 0 Å². The molecule has 2 rings (SSSR count). The maximum Gasteiger partial charge on any atom is 0.193 e. The SMILES string of the molecule is CCOc1ccc(OCC)c(NC(N)=NCc2ccc(COC)cc2)c1. The summed E-state index contributed by atoms with van der Waals surface area (Å²) in [5.74, 6) is 1.78. The van der Waals surface area contributed by atoms with Gasteiger partial charge in [0.25, 0.3) is 0 Å². The first-order valence-corrected chi connectivity index (χ1v) is 8.69. The molecule has 0 saturated heterocycles. The van der Waals surface area contributed by atoms with Crippen LogP contribution in [0.15, 0.2) is 47.5 Å². The van der Waals surface area contributed by atoms with Crippen molar-refractivity contribution in [2.75, 3.05) is 25.6 Å². The molecule has 0 saturated carbocycles. The first kappa shape index (κ1) is 19.6. The highest BCUT2D eigenvalue weighted by atomic mass is 16.5. The Hall–Kier alpha value is -2.73. The van der Waals surface area contributed by atoms with Gasteiger partial charge in [0.05, 0.1) is 32.1 Å². The number of aliphatic imine (C=N–C) groups is 1. The number of methoxy groups -OCH3 is 1. The number of benzene rings is 2. The lowest BCUT2D eigenvalue weighted by Gasteiger charge is -2.14. The minimum Gasteiger partial charge on any atom is -0.494 e. The zero-order chi connectivity index (χ0) is 18.8. The molecule has 0 bridgehead atoms. The van der Waals surface area contributed by atoms with E-state index in [1.807, 2.05) is 56.3 Å². The summed E-state index contributed by atoms with van der Waals surface area (Å²) in [6, 6.07) is 13.7. The van der Waals surface area contributed by atoms with Gasteiger partial charge >= 0.3 is 0 Å². The number of rotatable bonds is 9. The van der Waals surface area contributed by atoms with Crippen LogP contribution in [0.3, 0.4) is 0 Å². The van der Waals surface area contributed by atoms with E-state index < -0.39 is 0 Å². The van der Waals surface area contributed by atoms with Crippen molar-refractivity contribution in [2.24, 2.45) is 10.7 Å². The van der Waals surface area contributed by atoms with Gasteiger partial charge in [-0.1, -0.05) is 24.3 Å². The lowest BCUT2D eigenvalue weighted by Crippen LogP contribution is -2.23. The van der Waals surface area contributed by atoms with Crippen molar-refractivity contribution in [3.63, 3.8) is 0 Å². The Morgan fingerprint density at radius 1 is 1.00 bits per heavy atom. The Balaban J connectivity index is 2.05. The number of hydrogen-bond donors (Lipinski definition) is 2. The second-order valence-corrected chi connectivity index (χ2v) is 5.60. The van der Waals surface area contributed by atoms with Gasteiger partial charge in [-0.2, -0.15) is 0 Å². The summed E-state index contributed by atoms with van der Waals surface area (Å²) in [4.78, 5) is 4.40. The van der Waals surface area contributed by atoms with Crippen LogP contribution >= 0.6 is 0 Å². The molecule has 2 aromatic rings. The van der Waals surface area contributed by atoms with Crippen LogP contribution in [0.25, 0.3) is 0 Å². The van der Waals surface area contributed by atoms with E-state index in [4.69, 9.17) is 19.9 Å². The van der Waals surface area contributed by atoms with Gasteiger partial charge in [0.15, 0.2) is 5.96 Å². The van der Waals surface area contributed by atoms with Crippen LogP contribution in [0.4, 0.5) is 5.69 Å². The summed E-state index contributed by atoms with van der Waals surface area (Å²) >= 11 is 0. The second kappa shape index (κ2) is 10.3. The second-order valence-electron chi connectivity index (χ2n) is 5.60. The number of anilines is 1. The molecular weight excluding hydrogens is 330 g/mol. The predicted octanol–water partition coefficient (Wildman–Crippen LogP) is 3.56. The largest absolute Gasteiger partial charge is 0.494 e. The van der Waals surface area contributed by atoms with E-state index in [0.717, 1.165) is 22.6 Å². The Bertz CT molecular complexity index is 715. The van der Waals surface area contributed by atoms with E-state index in [1.54, 1.807) is 7.11 Å². The average Bonchev–Trinajstić information content (AvgIpc) is 2.64. The van der Waals surface area contributed by atoms with E-state index in [2.05, 4.69) is 10.3 Å². The molecular formula is C20H27N3O3. The number of hydrogen-bond acceptors (Lipinski definition) is 4. The molecule has 0 aliphatic rings. The summed E-state index contributed by atoms with van der Waals surface area (Å²) in [6.45, 7) is 6.12.